The quantitative estimate of drug-likeness (QED) is 0.547. The van der Waals surface area contributed by atoms with Gasteiger partial charge in [-0.25, -0.2) is 0 Å². The lowest BCUT2D eigenvalue weighted by Gasteiger charge is -1.94. The number of hydrogen-bond acceptors (Lipinski definition) is 1. The van der Waals surface area contributed by atoms with E-state index in [0.29, 0.717) is 5.92 Å². The molecule has 0 bridgehead atoms. The smallest absolute Gasteiger partial charge is 0.0428 e. The van der Waals surface area contributed by atoms with Crippen LogP contribution in [0.5, 0.6) is 0 Å². The molecule has 1 saturated carbocycles. The van der Waals surface area contributed by atoms with Crippen LogP contribution in [-0.2, 0) is 0 Å². The van der Waals surface area contributed by atoms with Gasteiger partial charge < -0.3 is 0 Å². The highest BCUT2D eigenvalue weighted by molar-refractivity contribution is 5.31. The summed E-state index contributed by atoms with van der Waals surface area (Å²) in [6.07, 6.45) is 8.88. The Balaban J connectivity index is 2.03. The Labute approximate surface area is 79.2 Å². The molecule has 2 rings (SSSR count). The van der Waals surface area contributed by atoms with Crippen molar-refractivity contribution in [2.24, 2.45) is 5.92 Å². The number of aromatic nitrogens is 1. The second-order valence-electron chi connectivity index (χ2n) is 3.49. The molecular weight excluding hydrogens is 158 g/mol. The van der Waals surface area contributed by atoms with Gasteiger partial charge in [-0.15, -0.1) is 0 Å². The third kappa shape index (κ3) is 2.32. The summed E-state index contributed by atoms with van der Waals surface area (Å²) >= 11 is 0. The molecule has 0 unspecified atom stereocenters. The van der Waals surface area contributed by atoms with Crippen LogP contribution < -0.4 is 0 Å². The molecule has 13 heavy (non-hydrogen) atoms. The molecule has 0 atom stereocenters. The highest BCUT2D eigenvalue weighted by atomic mass is 14.6. The molecule has 1 heteroatoms. The van der Waals surface area contributed by atoms with Crippen LogP contribution >= 0.6 is 0 Å². The lowest BCUT2D eigenvalue weighted by atomic mass is 10.1. The molecular formula is C12H13N. The standard InChI is InChI=1S/C12H13N/c1-2-5-11(4-1)7-8-12-6-3-9-13-10-12/h3,6,9-11H,1-2,4-5H2. The van der Waals surface area contributed by atoms with E-state index in [9.17, 15) is 0 Å². The van der Waals surface area contributed by atoms with Gasteiger partial charge in [-0.05, 0) is 25.0 Å². The first-order chi connectivity index (χ1) is 6.45. The van der Waals surface area contributed by atoms with E-state index in [0.717, 1.165) is 5.56 Å². The zero-order chi connectivity index (χ0) is 8.93. The van der Waals surface area contributed by atoms with E-state index >= 15 is 0 Å². The molecule has 66 valence electrons. The van der Waals surface area contributed by atoms with Crippen LogP contribution in [-0.4, -0.2) is 4.98 Å². The average Bonchev–Trinajstić information content (AvgIpc) is 2.69. The fourth-order valence-corrected chi connectivity index (χ4v) is 1.69. The van der Waals surface area contributed by atoms with E-state index < -0.39 is 0 Å². The second kappa shape index (κ2) is 4.09. The zero-order valence-corrected chi connectivity index (χ0v) is 7.66. The van der Waals surface area contributed by atoms with Crippen molar-refractivity contribution < 1.29 is 0 Å². The lowest BCUT2D eigenvalue weighted by Crippen LogP contribution is -1.86. The van der Waals surface area contributed by atoms with Gasteiger partial charge in [-0.3, -0.25) is 4.98 Å². The second-order valence-corrected chi connectivity index (χ2v) is 3.49. The van der Waals surface area contributed by atoms with Crippen LogP contribution in [0.4, 0.5) is 0 Å². The molecule has 1 fully saturated rings. The Morgan fingerprint density at radius 3 is 2.85 bits per heavy atom. The minimum atomic E-state index is 0.639. The molecule has 1 aliphatic carbocycles. The van der Waals surface area contributed by atoms with Crippen molar-refractivity contribution in [1.29, 1.82) is 0 Å². The number of rotatable bonds is 0. The normalized spacial score (nSPS) is 16.6. The fourth-order valence-electron chi connectivity index (χ4n) is 1.69. The number of pyridine rings is 1. The Morgan fingerprint density at radius 1 is 1.31 bits per heavy atom. The van der Waals surface area contributed by atoms with Crippen LogP contribution in [0.2, 0.25) is 0 Å². The van der Waals surface area contributed by atoms with Gasteiger partial charge in [0.2, 0.25) is 0 Å². The minimum absolute atomic E-state index is 0.639. The molecule has 1 aliphatic rings. The van der Waals surface area contributed by atoms with Crippen molar-refractivity contribution in [3.8, 4) is 11.8 Å². The maximum atomic E-state index is 4.03. The highest BCUT2D eigenvalue weighted by Gasteiger charge is 2.11. The number of nitrogens with zero attached hydrogens (tertiary/aromatic N) is 1. The summed E-state index contributed by atoms with van der Waals surface area (Å²) in [6.45, 7) is 0. The molecule has 1 heterocycles. The first-order valence-corrected chi connectivity index (χ1v) is 4.87. The van der Waals surface area contributed by atoms with Gasteiger partial charge in [-0.1, -0.05) is 24.7 Å². The Bertz CT molecular complexity index is 312. The fraction of sp³-hybridized carbons (Fsp3) is 0.417. The first kappa shape index (κ1) is 8.31. The van der Waals surface area contributed by atoms with Crippen molar-refractivity contribution in [1.82, 2.24) is 4.98 Å². The summed E-state index contributed by atoms with van der Waals surface area (Å²) in [5.41, 5.74) is 1.04. The molecule has 0 aliphatic heterocycles. The van der Waals surface area contributed by atoms with Crippen molar-refractivity contribution >= 4 is 0 Å². The highest BCUT2D eigenvalue weighted by Crippen LogP contribution is 2.23. The summed E-state index contributed by atoms with van der Waals surface area (Å²) < 4.78 is 0. The zero-order valence-electron chi connectivity index (χ0n) is 7.66. The van der Waals surface area contributed by atoms with Crippen molar-refractivity contribution in [2.75, 3.05) is 0 Å². The topological polar surface area (TPSA) is 12.9 Å². The number of hydrogen-bond donors (Lipinski definition) is 0. The van der Waals surface area contributed by atoms with E-state index in [1.807, 2.05) is 18.3 Å². The van der Waals surface area contributed by atoms with E-state index in [4.69, 9.17) is 0 Å². The molecule has 0 amide bonds. The van der Waals surface area contributed by atoms with Gasteiger partial charge in [0.1, 0.15) is 0 Å². The predicted octanol–water partition coefficient (Wildman–Crippen LogP) is 2.62. The van der Waals surface area contributed by atoms with Crippen molar-refractivity contribution in [3.05, 3.63) is 30.1 Å². The summed E-state index contributed by atoms with van der Waals surface area (Å²) in [5.74, 6) is 7.12. The van der Waals surface area contributed by atoms with Gasteiger partial charge in [0.15, 0.2) is 0 Å². The maximum absolute atomic E-state index is 4.03. The molecule has 0 aromatic carbocycles. The van der Waals surface area contributed by atoms with Gasteiger partial charge in [-0.2, -0.15) is 0 Å². The minimum Gasteiger partial charge on any atom is -0.263 e. The van der Waals surface area contributed by atoms with Crippen LogP contribution in [0.1, 0.15) is 31.2 Å². The Kier molecular flexibility index (Phi) is 2.62. The van der Waals surface area contributed by atoms with E-state index in [1.54, 1.807) is 6.20 Å². The van der Waals surface area contributed by atoms with Crippen LogP contribution in [0.15, 0.2) is 24.5 Å². The summed E-state index contributed by atoms with van der Waals surface area (Å²) in [6, 6.07) is 3.94. The molecule has 0 saturated heterocycles. The molecule has 0 spiro atoms. The monoisotopic (exact) mass is 171 g/mol. The van der Waals surface area contributed by atoms with Crippen LogP contribution in [0.3, 0.4) is 0 Å². The molecule has 1 aromatic rings. The Hall–Kier alpha value is -1.29. The largest absolute Gasteiger partial charge is 0.263 e. The van der Waals surface area contributed by atoms with Crippen LogP contribution in [0, 0.1) is 17.8 Å². The lowest BCUT2D eigenvalue weighted by molar-refractivity contribution is 0.712. The van der Waals surface area contributed by atoms with Gasteiger partial charge >= 0.3 is 0 Å². The van der Waals surface area contributed by atoms with Gasteiger partial charge in [0.25, 0.3) is 0 Å². The van der Waals surface area contributed by atoms with Crippen molar-refractivity contribution in [3.63, 3.8) is 0 Å². The summed E-state index contributed by atoms with van der Waals surface area (Å²) in [5, 5.41) is 0. The predicted molar refractivity (Wildman–Crippen MR) is 53.1 cm³/mol. The molecule has 0 radical (unpaired) electrons. The van der Waals surface area contributed by atoms with Gasteiger partial charge in [0.05, 0.1) is 0 Å². The first-order valence-electron chi connectivity index (χ1n) is 4.87. The van der Waals surface area contributed by atoms with E-state index in [1.165, 1.54) is 25.7 Å². The summed E-state index contributed by atoms with van der Waals surface area (Å²) in [7, 11) is 0. The molecule has 1 aromatic heterocycles. The van der Waals surface area contributed by atoms with Gasteiger partial charge in [0, 0.05) is 23.9 Å². The van der Waals surface area contributed by atoms with Crippen molar-refractivity contribution in [2.45, 2.75) is 25.7 Å². The Morgan fingerprint density at radius 2 is 2.15 bits per heavy atom. The third-order valence-electron chi connectivity index (χ3n) is 2.44. The molecule has 1 nitrogen and oxygen atoms in total. The average molecular weight is 171 g/mol. The van der Waals surface area contributed by atoms with E-state index in [-0.39, 0.29) is 0 Å². The summed E-state index contributed by atoms with van der Waals surface area (Å²) in [4.78, 5) is 4.03. The molecule has 0 N–H and O–H groups in total. The van der Waals surface area contributed by atoms with Crippen LogP contribution in [0.25, 0.3) is 0 Å². The third-order valence-corrected chi connectivity index (χ3v) is 2.44. The maximum Gasteiger partial charge on any atom is 0.0428 e. The SMILES string of the molecule is C(#CC1CCCC1)c1cccnc1. The van der Waals surface area contributed by atoms with E-state index in [2.05, 4.69) is 16.8 Å².